The summed E-state index contributed by atoms with van der Waals surface area (Å²) in [6, 6.07) is 5.43. The van der Waals surface area contributed by atoms with E-state index in [4.69, 9.17) is 0 Å². The molecule has 0 aliphatic carbocycles. The van der Waals surface area contributed by atoms with Gasteiger partial charge >= 0.3 is 0 Å². The van der Waals surface area contributed by atoms with Crippen LogP contribution in [0.25, 0.3) is 0 Å². The van der Waals surface area contributed by atoms with E-state index in [0.29, 0.717) is 31.7 Å². The molecular weight excluding hydrogens is 337 g/mol. The van der Waals surface area contributed by atoms with Crippen molar-refractivity contribution in [2.45, 2.75) is 31.7 Å². The highest BCUT2D eigenvalue weighted by Crippen LogP contribution is 2.18. The van der Waals surface area contributed by atoms with Crippen LogP contribution in [-0.2, 0) is 9.59 Å². The molecule has 7 heteroatoms. The number of Topliss-reactive ketones (excluding diaryl/α,β-unsaturated/α-hetero) is 1. The van der Waals surface area contributed by atoms with Crippen molar-refractivity contribution in [2.75, 3.05) is 32.7 Å². The SMILES string of the molecule is O=C(CCC(=O)N1CCCC(N2CCNCC2=O)C1)c1ccc(F)cc1. The predicted molar refractivity (Wildman–Crippen MR) is 94.1 cm³/mol. The van der Waals surface area contributed by atoms with Crippen molar-refractivity contribution in [3.8, 4) is 0 Å². The minimum absolute atomic E-state index is 0.0623. The zero-order chi connectivity index (χ0) is 18.5. The molecule has 26 heavy (non-hydrogen) atoms. The number of hydrogen-bond acceptors (Lipinski definition) is 4. The lowest BCUT2D eigenvalue weighted by molar-refractivity contribution is -0.140. The molecule has 3 rings (SSSR count). The predicted octanol–water partition coefficient (Wildman–Crippen LogP) is 1.21. The Bertz CT molecular complexity index is 677. The zero-order valence-electron chi connectivity index (χ0n) is 14.7. The van der Waals surface area contributed by atoms with Crippen molar-refractivity contribution in [3.63, 3.8) is 0 Å². The molecule has 2 aliphatic rings. The molecule has 0 saturated carbocycles. The number of carbonyl (C=O) groups is 3. The van der Waals surface area contributed by atoms with Gasteiger partial charge in [-0.25, -0.2) is 4.39 Å². The van der Waals surface area contributed by atoms with Gasteiger partial charge in [-0.15, -0.1) is 0 Å². The van der Waals surface area contributed by atoms with Crippen molar-refractivity contribution in [1.29, 1.82) is 0 Å². The van der Waals surface area contributed by atoms with Crippen LogP contribution in [0.5, 0.6) is 0 Å². The maximum absolute atomic E-state index is 12.9. The fraction of sp³-hybridized carbons (Fsp3) is 0.526. The van der Waals surface area contributed by atoms with Crippen molar-refractivity contribution < 1.29 is 18.8 Å². The van der Waals surface area contributed by atoms with Crippen LogP contribution in [0.2, 0.25) is 0 Å². The van der Waals surface area contributed by atoms with Crippen LogP contribution < -0.4 is 5.32 Å². The molecule has 1 aromatic carbocycles. The van der Waals surface area contributed by atoms with Gasteiger partial charge in [0.1, 0.15) is 5.82 Å². The van der Waals surface area contributed by atoms with Gasteiger partial charge in [0, 0.05) is 50.6 Å². The molecule has 0 spiro atoms. The molecule has 2 fully saturated rings. The quantitative estimate of drug-likeness (QED) is 0.801. The van der Waals surface area contributed by atoms with Crippen molar-refractivity contribution in [1.82, 2.24) is 15.1 Å². The van der Waals surface area contributed by atoms with Crippen LogP contribution in [0.1, 0.15) is 36.0 Å². The summed E-state index contributed by atoms with van der Waals surface area (Å²) in [6.07, 6.45) is 2.01. The lowest BCUT2D eigenvalue weighted by Gasteiger charge is -2.41. The molecule has 0 aromatic heterocycles. The summed E-state index contributed by atoms with van der Waals surface area (Å²) in [4.78, 5) is 40.3. The highest BCUT2D eigenvalue weighted by Gasteiger charge is 2.31. The fourth-order valence-corrected chi connectivity index (χ4v) is 3.60. The number of halogens is 1. The number of amides is 2. The summed E-state index contributed by atoms with van der Waals surface area (Å²) >= 11 is 0. The number of carbonyl (C=O) groups excluding carboxylic acids is 3. The minimum atomic E-state index is -0.389. The number of piperidine rings is 1. The standard InChI is InChI=1S/C19H24FN3O3/c20-15-5-3-14(4-6-15)17(24)7-8-18(25)22-10-1-2-16(13-22)23-11-9-21-12-19(23)26/h3-6,16,21H,1-2,7-13H2. The molecule has 1 atom stereocenters. The average Bonchev–Trinajstić information content (AvgIpc) is 2.67. The van der Waals surface area contributed by atoms with E-state index in [1.807, 2.05) is 4.90 Å². The summed E-state index contributed by atoms with van der Waals surface area (Å²) in [5, 5.41) is 3.06. The molecule has 1 unspecified atom stereocenters. The summed E-state index contributed by atoms with van der Waals surface area (Å²) in [5.41, 5.74) is 0.419. The monoisotopic (exact) mass is 361 g/mol. The summed E-state index contributed by atoms with van der Waals surface area (Å²) in [6.45, 7) is 3.02. The van der Waals surface area contributed by atoms with Gasteiger partial charge in [0.2, 0.25) is 11.8 Å². The zero-order valence-corrected chi connectivity index (χ0v) is 14.7. The third kappa shape index (κ3) is 4.46. The van der Waals surface area contributed by atoms with E-state index in [1.165, 1.54) is 24.3 Å². The maximum Gasteiger partial charge on any atom is 0.236 e. The first-order valence-corrected chi connectivity index (χ1v) is 9.11. The summed E-state index contributed by atoms with van der Waals surface area (Å²) in [7, 11) is 0. The largest absolute Gasteiger partial charge is 0.341 e. The second-order valence-corrected chi connectivity index (χ2v) is 6.83. The molecule has 140 valence electrons. The van der Waals surface area contributed by atoms with Crippen LogP contribution in [0, 0.1) is 5.82 Å². The Morgan fingerprint density at radius 3 is 2.65 bits per heavy atom. The number of rotatable bonds is 5. The molecule has 2 amide bonds. The second kappa shape index (κ2) is 8.40. The van der Waals surface area contributed by atoms with Crippen LogP contribution >= 0.6 is 0 Å². The average molecular weight is 361 g/mol. The molecular formula is C19H24FN3O3. The normalized spacial score (nSPS) is 21.0. The van der Waals surface area contributed by atoms with Crippen LogP contribution in [-0.4, -0.2) is 66.2 Å². The molecule has 0 radical (unpaired) electrons. The number of nitrogens with one attached hydrogen (secondary N) is 1. The topological polar surface area (TPSA) is 69.7 Å². The Labute approximate surface area is 152 Å². The van der Waals surface area contributed by atoms with E-state index in [9.17, 15) is 18.8 Å². The highest BCUT2D eigenvalue weighted by atomic mass is 19.1. The van der Waals surface area contributed by atoms with Gasteiger partial charge in [0.05, 0.1) is 6.54 Å². The number of likely N-dealkylation sites (tertiary alicyclic amines) is 1. The van der Waals surface area contributed by atoms with Gasteiger partial charge in [-0.2, -0.15) is 0 Å². The Hall–Kier alpha value is -2.28. The molecule has 2 heterocycles. The third-order valence-corrected chi connectivity index (χ3v) is 5.05. The van der Waals surface area contributed by atoms with Crippen molar-refractivity contribution >= 4 is 17.6 Å². The Morgan fingerprint density at radius 2 is 1.92 bits per heavy atom. The highest BCUT2D eigenvalue weighted by molar-refractivity contribution is 5.97. The van der Waals surface area contributed by atoms with Crippen molar-refractivity contribution in [2.24, 2.45) is 0 Å². The van der Waals surface area contributed by atoms with Gasteiger partial charge in [-0.1, -0.05) is 0 Å². The van der Waals surface area contributed by atoms with Gasteiger partial charge < -0.3 is 15.1 Å². The molecule has 1 aromatic rings. The summed E-state index contributed by atoms with van der Waals surface area (Å²) in [5.74, 6) is -0.529. The maximum atomic E-state index is 12.9. The lowest BCUT2D eigenvalue weighted by Crippen LogP contribution is -2.57. The smallest absolute Gasteiger partial charge is 0.236 e. The van der Waals surface area contributed by atoms with E-state index in [1.54, 1.807) is 4.90 Å². The first-order valence-electron chi connectivity index (χ1n) is 9.11. The van der Waals surface area contributed by atoms with Gasteiger partial charge in [0.25, 0.3) is 0 Å². The van der Waals surface area contributed by atoms with E-state index in [2.05, 4.69) is 5.32 Å². The Morgan fingerprint density at radius 1 is 1.15 bits per heavy atom. The molecule has 6 nitrogen and oxygen atoms in total. The number of ketones is 1. The number of benzene rings is 1. The number of nitrogens with zero attached hydrogens (tertiary/aromatic N) is 2. The van der Waals surface area contributed by atoms with Gasteiger partial charge in [0.15, 0.2) is 5.78 Å². The van der Waals surface area contributed by atoms with E-state index in [0.717, 1.165) is 19.4 Å². The van der Waals surface area contributed by atoms with Crippen molar-refractivity contribution in [3.05, 3.63) is 35.6 Å². The molecule has 1 N–H and O–H groups in total. The fourth-order valence-electron chi connectivity index (χ4n) is 3.60. The molecule has 2 saturated heterocycles. The molecule has 2 aliphatic heterocycles. The van der Waals surface area contributed by atoms with E-state index >= 15 is 0 Å². The minimum Gasteiger partial charge on any atom is -0.341 e. The Kier molecular flexibility index (Phi) is 5.98. The first-order chi connectivity index (χ1) is 12.5. The Balaban J connectivity index is 1.51. The third-order valence-electron chi connectivity index (χ3n) is 5.05. The van der Waals surface area contributed by atoms with E-state index < -0.39 is 0 Å². The van der Waals surface area contributed by atoms with Crippen LogP contribution in [0.3, 0.4) is 0 Å². The molecule has 0 bridgehead atoms. The van der Waals surface area contributed by atoms with Crippen LogP contribution in [0.15, 0.2) is 24.3 Å². The van der Waals surface area contributed by atoms with Gasteiger partial charge in [-0.3, -0.25) is 14.4 Å². The number of hydrogen-bond donors (Lipinski definition) is 1. The number of piperazine rings is 1. The van der Waals surface area contributed by atoms with Gasteiger partial charge in [-0.05, 0) is 37.1 Å². The van der Waals surface area contributed by atoms with Crippen LogP contribution in [0.4, 0.5) is 4.39 Å². The van der Waals surface area contributed by atoms with E-state index in [-0.39, 0.29) is 42.3 Å². The first kappa shape index (κ1) is 18.5. The lowest BCUT2D eigenvalue weighted by atomic mass is 10.0. The summed E-state index contributed by atoms with van der Waals surface area (Å²) < 4.78 is 12.9. The second-order valence-electron chi connectivity index (χ2n) is 6.83.